The molecule has 126 valence electrons. The summed E-state index contributed by atoms with van der Waals surface area (Å²) in [4.78, 5) is 0. The first-order chi connectivity index (χ1) is 12.2. The highest BCUT2D eigenvalue weighted by molar-refractivity contribution is 5.62. The van der Waals surface area contributed by atoms with Gasteiger partial charge in [-0.2, -0.15) is 5.10 Å². The van der Waals surface area contributed by atoms with Crippen LogP contribution < -0.4 is 5.32 Å². The number of H-pyrrole nitrogens is 1. The topological polar surface area (TPSA) is 92.8 Å². The second kappa shape index (κ2) is 6.27. The zero-order valence-corrected chi connectivity index (χ0v) is 13.9. The number of benzene rings is 1. The first-order valence-corrected chi connectivity index (χ1v) is 7.92. The summed E-state index contributed by atoms with van der Waals surface area (Å²) in [7, 11) is 0. The monoisotopic (exact) mass is 335 g/mol. The normalized spacial score (nSPS) is 11.0. The van der Waals surface area contributed by atoms with Crippen LogP contribution in [0.1, 0.15) is 17.2 Å². The number of aryl methyl sites for hydroxylation is 2. The molecule has 0 atom stereocenters. The number of hydrogen-bond donors (Lipinski definition) is 2. The van der Waals surface area contributed by atoms with Crippen molar-refractivity contribution >= 4 is 5.69 Å². The van der Waals surface area contributed by atoms with Crippen molar-refractivity contribution in [2.24, 2.45) is 0 Å². The maximum absolute atomic E-state index is 5.67. The van der Waals surface area contributed by atoms with Gasteiger partial charge in [0.05, 0.1) is 6.20 Å². The first kappa shape index (κ1) is 15.2. The molecule has 0 aliphatic carbocycles. The average Bonchev–Trinajstić information content (AvgIpc) is 3.34. The smallest absolute Gasteiger partial charge is 0.247 e. The molecule has 0 saturated heterocycles. The van der Waals surface area contributed by atoms with E-state index in [1.54, 1.807) is 13.1 Å². The Balaban J connectivity index is 1.52. The van der Waals surface area contributed by atoms with Crippen molar-refractivity contribution in [3.8, 4) is 22.9 Å². The summed E-state index contributed by atoms with van der Waals surface area (Å²) >= 11 is 0. The molecule has 3 heterocycles. The minimum atomic E-state index is 0.510. The van der Waals surface area contributed by atoms with Crippen molar-refractivity contribution < 1.29 is 8.83 Å². The van der Waals surface area contributed by atoms with Gasteiger partial charge in [-0.15, -0.1) is 10.2 Å². The molecule has 0 aliphatic rings. The van der Waals surface area contributed by atoms with Crippen molar-refractivity contribution in [1.29, 1.82) is 0 Å². The highest BCUT2D eigenvalue weighted by atomic mass is 16.4. The lowest BCUT2D eigenvalue weighted by Gasteiger charge is -2.07. The lowest BCUT2D eigenvalue weighted by atomic mass is 10.1. The van der Waals surface area contributed by atoms with E-state index in [2.05, 4.69) is 25.7 Å². The lowest BCUT2D eigenvalue weighted by molar-refractivity contribution is 0.533. The number of rotatable bonds is 5. The van der Waals surface area contributed by atoms with Crippen LogP contribution in [0.4, 0.5) is 5.69 Å². The van der Waals surface area contributed by atoms with E-state index in [-0.39, 0.29) is 0 Å². The number of nitrogens with one attached hydrogen (secondary N) is 2. The van der Waals surface area contributed by atoms with Crippen LogP contribution in [0, 0.1) is 13.8 Å². The van der Waals surface area contributed by atoms with Gasteiger partial charge in [-0.1, -0.05) is 6.07 Å². The summed E-state index contributed by atoms with van der Waals surface area (Å²) in [6.45, 7) is 4.30. The number of anilines is 1. The van der Waals surface area contributed by atoms with E-state index in [9.17, 15) is 0 Å². The fourth-order valence-corrected chi connectivity index (χ4v) is 2.60. The summed E-state index contributed by atoms with van der Waals surface area (Å²) in [5.41, 5.74) is 3.73. The van der Waals surface area contributed by atoms with Crippen LogP contribution in [0.2, 0.25) is 0 Å². The van der Waals surface area contributed by atoms with Crippen LogP contribution in [0.3, 0.4) is 0 Å². The van der Waals surface area contributed by atoms with Crippen LogP contribution >= 0.6 is 0 Å². The van der Waals surface area contributed by atoms with Gasteiger partial charge in [-0.25, -0.2) is 0 Å². The Bertz CT molecular complexity index is 998. The number of hydrogen-bond acceptors (Lipinski definition) is 6. The fraction of sp³-hybridized carbons (Fsp3) is 0.167. The lowest BCUT2D eigenvalue weighted by Crippen LogP contribution is -2.00. The van der Waals surface area contributed by atoms with Gasteiger partial charge in [0.1, 0.15) is 11.5 Å². The first-order valence-electron chi connectivity index (χ1n) is 7.92. The fourth-order valence-electron chi connectivity index (χ4n) is 2.60. The van der Waals surface area contributed by atoms with Gasteiger partial charge in [0.15, 0.2) is 5.76 Å². The van der Waals surface area contributed by atoms with Crippen LogP contribution in [0.25, 0.3) is 22.9 Å². The summed E-state index contributed by atoms with van der Waals surface area (Å²) in [6.07, 6.45) is 1.80. The molecule has 0 fully saturated rings. The molecule has 0 amide bonds. The minimum absolute atomic E-state index is 0.510. The highest BCUT2D eigenvalue weighted by Crippen LogP contribution is 2.25. The number of aromatic nitrogens is 4. The van der Waals surface area contributed by atoms with Crippen molar-refractivity contribution in [3.63, 3.8) is 0 Å². The minimum Gasteiger partial charge on any atom is -0.460 e. The van der Waals surface area contributed by atoms with Gasteiger partial charge in [-0.3, -0.25) is 5.10 Å². The molecule has 3 aromatic heterocycles. The van der Waals surface area contributed by atoms with E-state index in [4.69, 9.17) is 8.83 Å². The molecule has 25 heavy (non-hydrogen) atoms. The third-order valence-corrected chi connectivity index (χ3v) is 3.82. The van der Waals surface area contributed by atoms with Gasteiger partial charge in [0.2, 0.25) is 11.8 Å². The molecular formula is C18H17N5O2. The van der Waals surface area contributed by atoms with Gasteiger partial charge in [-0.05, 0) is 37.3 Å². The van der Waals surface area contributed by atoms with Crippen molar-refractivity contribution in [1.82, 2.24) is 20.4 Å². The molecule has 4 rings (SSSR count). The SMILES string of the molecule is Cc1ccc(-c2[nH]ncc2CNc2cccc(-c3nnc(C)o3)c2)o1. The second-order valence-corrected chi connectivity index (χ2v) is 5.74. The van der Waals surface area contributed by atoms with Crippen molar-refractivity contribution in [2.75, 3.05) is 5.32 Å². The largest absolute Gasteiger partial charge is 0.460 e. The van der Waals surface area contributed by atoms with Crippen molar-refractivity contribution in [2.45, 2.75) is 20.4 Å². The highest BCUT2D eigenvalue weighted by Gasteiger charge is 2.11. The standard InChI is InChI=1S/C18H17N5O2/c1-11-6-7-16(24-11)17-14(10-20-22-17)9-19-15-5-3-4-13(8-15)18-23-21-12(2)25-18/h3-8,10,19H,9H2,1-2H3,(H,20,22). The Morgan fingerprint density at radius 3 is 2.76 bits per heavy atom. The summed E-state index contributed by atoms with van der Waals surface area (Å²) in [5, 5.41) is 18.4. The Morgan fingerprint density at radius 1 is 1.08 bits per heavy atom. The third-order valence-electron chi connectivity index (χ3n) is 3.82. The van der Waals surface area contributed by atoms with Crippen LogP contribution in [-0.4, -0.2) is 20.4 Å². The number of aromatic amines is 1. The summed E-state index contributed by atoms with van der Waals surface area (Å²) < 4.78 is 11.2. The van der Waals surface area contributed by atoms with E-state index in [1.807, 2.05) is 43.3 Å². The predicted molar refractivity (Wildman–Crippen MR) is 92.8 cm³/mol. The molecule has 4 aromatic rings. The van der Waals surface area contributed by atoms with E-state index < -0.39 is 0 Å². The molecule has 0 spiro atoms. The summed E-state index contributed by atoms with van der Waals surface area (Å²) in [6, 6.07) is 11.7. The molecule has 0 aliphatic heterocycles. The Morgan fingerprint density at radius 2 is 2.00 bits per heavy atom. The van der Waals surface area contributed by atoms with E-state index in [0.29, 0.717) is 18.3 Å². The molecule has 0 bridgehead atoms. The predicted octanol–water partition coefficient (Wildman–Crippen LogP) is 3.95. The van der Waals surface area contributed by atoms with E-state index in [1.165, 1.54) is 0 Å². The Hall–Kier alpha value is -3.35. The number of nitrogens with zero attached hydrogens (tertiary/aromatic N) is 3. The van der Waals surface area contributed by atoms with Crippen LogP contribution in [0.5, 0.6) is 0 Å². The van der Waals surface area contributed by atoms with Crippen LogP contribution in [-0.2, 0) is 6.54 Å². The quantitative estimate of drug-likeness (QED) is 0.574. The van der Waals surface area contributed by atoms with Gasteiger partial charge < -0.3 is 14.2 Å². The second-order valence-electron chi connectivity index (χ2n) is 5.74. The molecular weight excluding hydrogens is 318 g/mol. The van der Waals surface area contributed by atoms with Gasteiger partial charge in [0.25, 0.3) is 0 Å². The Kier molecular flexibility index (Phi) is 3.81. The molecule has 0 unspecified atom stereocenters. The maximum Gasteiger partial charge on any atom is 0.247 e. The molecule has 2 N–H and O–H groups in total. The molecule has 1 aromatic carbocycles. The maximum atomic E-state index is 5.67. The van der Waals surface area contributed by atoms with Gasteiger partial charge in [0, 0.05) is 30.3 Å². The summed E-state index contributed by atoms with van der Waals surface area (Å²) in [5.74, 6) is 2.70. The van der Waals surface area contributed by atoms with Crippen molar-refractivity contribution in [3.05, 3.63) is 59.8 Å². The van der Waals surface area contributed by atoms with E-state index in [0.717, 1.165) is 34.0 Å². The van der Waals surface area contributed by atoms with Crippen LogP contribution in [0.15, 0.2) is 51.4 Å². The Labute approximate surface area is 144 Å². The average molecular weight is 335 g/mol. The zero-order chi connectivity index (χ0) is 17.2. The zero-order valence-electron chi connectivity index (χ0n) is 13.9. The number of furan rings is 1. The molecule has 7 heteroatoms. The molecule has 0 saturated carbocycles. The third kappa shape index (κ3) is 3.16. The van der Waals surface area contributed by atoms with Gasteiger partial charge >= 0.3 is 0 Å². The molecule has 7 nitrogen and oxygen atoms in total. The van der Waals surface area contributed by atoms with E-state index >= 15 is 0 Å². The molecule has 0 radical (unpaired) electrons.